The first kappa shape index (κ1) is 12.7. The number of carbonyl (C=O) groups is 1. The number of hydrogen-bond donors (Lipinski definition) is 0. The molecule has 0 saturated carbocycles. The second kappa shape index (κ2) is 4.88. The molecule has 0 saturated heterocycles. The monoisotopic (exact) mass is 281 g/mol. The van der Waals surface area contributed by atoms with Crippen LogP contribution < -0.4 is 0 Å². The molecule has 0 aliphatic carbocycles. The number of aryl methyl sites for hydroxylation is 1. The number of rotatable bonds is 3. The molecule has 0 amide bonds. The Labute approximate surface area is 112 Å². The predicted octanol–water partition coefficient (Wildman–Crippen LogP) is 3.85. The third-order valence-electron chi connectivity index (χ3n) is 2.48. The summed E-state index contributed by atoms with van der Waals surface area (Å²) in [7, 11) is 0. The van der Waals surface area contributed by atoms with Crippen LogP contribution in [0, 0.1) is 17.0 Å². The standard InChI is InChI=1S/C12H8ClNO3S/c1-7-4-5-18-12(7)11(15)9-3-2-8(14(16)17)6-10(9)13/h2-6H,1H3. The number of nitro groups is 1. The van der Waals surface area contributed by atoms with E-state index in [4.69, 9.17) is 11.6 Å². The quantitative estimate of drug-likeness (QED) is 0.488. The highest BCUT2D eigenvalue weighted by molar-refractivity contribution is 7.12. The zero-order valence-corrected chi connectivity index (χ0v) is 10.9. The predicted molar refractivity (Wildman–Crippen MR) is 70.6 cm³/mol. The molecule has 0 radical (unpaired) electrons. The molecule has 1 heterocycles. The van der Waals surface area contributed by atoms with E-state index in [1.807, 2.05) is 18.4 Å². The average Bonchev–Trinajstić information content (AvgIpc) is 2.74. The van der Waals surface area contributed by atoms with Crippen molar-refractivity contribution in [3.8, 4) is 0 Å². The number of ketones is 1. The van der Waals surface area contributed by atoms with Crippen LogP contribution in [0.3, 0.4) is 0 Å². The van der Waals surface area contributed by atoms with Gasteiger partial charge in [-0.25, -0.2) is 0 Å². The Kier molecular flexibility index (Phi) is 3.45. The summed E-state index contributed by atoms with van der Waals surface area (Å²) in [6.45, 7) is 1.84. The molecule has 92 valence electrons. The van der Waals surface area contributed by atoms with Crippen molar-refractivity contribution in [3.05, 3.63) is 60.8 Å². The van der Waals surface area contributed by atoms with Gasteiger partial charge in [0.05, 0.1) is 14.8 Å². The van der Waals surface area contributed by atoms with E-state index >= 15 is 0 Å². The lowest BCUT2D eigenvalue weighted by Crippen LogP contribution is -2.02. The van der Waals surface area contributed by atoms with Crippen molar-refractivity contribution in [1.29, 1.82) is 0 Å². The minimum atomic E-state index is -0.545. The van der Waals surface area contributed by atoms with Gasteiger partial charge in [0.1, 0.15) is 0 Å². The third-order valence-corrected chi connectivity index (χ3v) is 3.80. The van der Waals surface area contributed by atoms with Gasteiger partial charge in [0, 0.05) is 17.7 Å². The Morgan fingerprint density at radius 2 is 2.11 bits per heavy atom. The van der Waals surface area contributed by atoms with Crippen LogP contribution in [0.2, 0.25) is 5.02 Å². The molecule has 0 spiro atoms. The average molecular weight is 282 g/mol. The SMILES string of the molecule is Cc1ccsc1C(=O)c1ccc([N+](=O)[O-])cc1Cl. The number of nitro benzene ring substituents is 1. The van der Waals surface area contributed by atoms with Crippen LogP contribution in [0.4, 0.5) is 5.69 Å². The van der Waals surface area contributed by atoms with Gasteiger partial charge in [-0.1, -0.05) is 11.6 Å². The maximum atomic E-state index is 12.2. The van der Waals surface area contributed by atoms with E-state index in [1.165, 1.54) is 29.5 Å². The summed E-state index contributed by atoms with van der Waals surface area (Å²) < 4.78 is 0. The fourth-order valence-corrected chi connectivity index (χ4v) is 2.67. The van der Waals surface area contributed by atoms with Crippen molar-refractivity contribution in [2.75, 3.05) is 0 Å². The minimum Gasteiger partial charge on any atom is -0.288 e. The fraction of sp³-hybridized carbons (Fsp3) is 0.0833. The van der Waals surface area contributed by atoms with E-state index < -0.39 is 4.92 Å². The van der Waals surface area contributed by atoms with E-state index in [2.05, 4.69) is 0 Å². The topological polar surface area (TPSA) is 60.2 Å². The zero-order chi connectivity index (χ0) is 13.3. The summed E-state index contributed by atoms with van der Waals surface area (Å²) in [5, 5.41) is 12.5. The number of non-ortho nitro benzene ring substituents is 1. The zero-order valence-electron chi connectivity index (χ0n) is 9.34. The highest BCUT2D eigenvalue weighted by Crippen LogP contribution is 2.27. The molecule has 0 unspecified atom stereocenters. The second-order valence-corrected chi connectivity index (χ2v) is 5.01. The van der Waals surface area contributed by atoms with Crippen LogP contribution in [0.1, 0.15) is 20.8 Å². The molecule has 0 N–H and O–H groups in total. The molecule has 0 bridgehead atoms. The minimum absolute atomic E-state index is 0.0991. The van der Waals surface area contributed by atoms with Gasteiger partial charge in [0.25, 0.3) is 5.69 Å². The summed E-state index contributed by atoms with van der Waals surface area (Å²) in [5.41, 5.74) is 1.03. The Hall–Kier alpha value is -1.72. The van der Waals surface area contributed by atoms with Crippen LogP contribution in [-0.4, -0.2) is 10.7 Å². The summed E-state index contributed by atoms with van der Waals surface area (Å²) in [5.74, 6) is -0.206. The van der Waals surface area contributed by atoms with Crippen LogP contribution in [-0.2, 0) is 0 Å². The Morgan fingerprint density at radius 1 is 1.39 bits per heavy atom. The van der Waals surface area contributed by atoms with Crippen molar-refractivity contribution in [3.63, 3.8) is 0 Å². The maximum Gasteiger partial charge on any atom is 0.270 e. The van der Waals surface area contributed by atoms with E-state index in [-0.39, 0.29) is 22.1 Å². The molecular formula is C12H8ClNO3S. The largest absolute Gasteiger partial charge is 0.288 e. The summed E-state index contributed by atoms with van der Waals surface area (Å²) >= 11 is 7.25. The molecule has 0 fully saturated rings. The maximum absolute atomic E-state index is 12.2. The molecule has 2 aromatic rings. The van der Waals surface area contributed by atoms with Crippen molar-refractivity contribution in [2.45, 2.75) is 6.92 Å². The molecule has 2 rings (SSSR count). The van der Waals surface area contributed by atoms with Crippen LogP contribution in [0.25, 0.3) is 0 Å². The Balaban J connectivity index is 2.44. The third kappa shape index (κ3) is 2.27. The number of hydrogen-bond acceptors (Lipinski definition) is 4. The van der Waals surface area contributed by atoms with E-state index in [0.29, 0.717) is 4.88 Å². The van der Waals surface area contributed by atoms with Gasteiger partial charge < -0.3 is 0 Å². The van der Waals surface area contributed by atoms with Crippen molar-refractivity contribution < 1.29 is 9.72 Å². The highest BCUT2D eigenvalue weighted by atomic mass is 35.5. The number of halogens is 1. The molecule has 6 heteroatoms. The lowest BCUT2D eigenvalue weighted by molar-refractivity contribution is -0.384. The smallest absolute Gasteiger partial charge is 0.270 e. The van der Waals surface area contributed by atoms with Gasteiger partial charge in [-0.2, -0.15) is 0 Å². The molecule has 4 nitrogen and oxygen atoms in total. The molecule has 0 atom stereocenters. The summed E-state index contributed by atoms with van der Waals surface area (Å²) in [6, 6.07) is 5.71. The van der Waals surface area contributed by atoms with Crippen LogP contribution >= 0.6 is 22.9 Å². The lowest BCUT2D eigenvalue weighted by atomic mass is 10.1. The second-order valence-electron chi connectivity index (χ2n) is 3.68. The first-order chi connectivity index (χ1) is 8.50. The van der Waals surface area contributed by atoms with Gasteiger partial charge in [-0.3, -0.25) is 14.9 Å². The fourth-order valence-electron chi connectivity index (χ4n) is 1.53. The number of nitrogens with zero attached hydrogens (tertiary/aromatic N) is 1. The molecule has 1 aromatic carbocycles. The Bertz CT molecular complexity index is 636. The molecule has 0 aliphatic rings. The first-order valence-electron chi connectivity index (χ1n) is 5.03. The van der Waals surface area contributed by atoms with Gasteiger partial charge in [-0.05, 0) is 30.0 Å². The van der Waals surface area contributed by atoms with Crippen molar-refractivity contribution in [1.82, 2.24) is 0 Å². The van der Waals surface area contributed by atoms with Gasteiger partial charge in [0.2, 0.25) is 5.78 Å². The van der Waals surface area contributed by atoms with Gasteiger partial charge >= 0.3 is 0 Å². The van der Waals surface area contributed by atoms with Gasteiger partial charge in [0.15, 0.2) is 0 Å². The van der Waals surface area contributed by atoms with E-state index in [0.717, 1.165) is 5.56 Å². The lowest BCUT2D eigenvalue weighted by Gasteiger charge is -2.02. The molecular weight excluding hydrogens is 274 g/mol. The van der Waals surface area contributed by atoms with Crippen molar-refractivity contribution >= 4 is 34.4 Å². The van der Waals surface area contributed by atoms with Gasteiger partial charge in [-0.15, -0.1) is 11.3 Å². The molecule has 0 aliphatic heterocycles. The number of benzene rings is 1. The normalized spacial score (nSPS) is 10.3. The Morgan fingerprint density at radius 3 is 2.61 bits per heavy atom. The first-order valence-corrected chi connectivity index (χ1v) is 6.29. The van der Waals surface area contributed by atoms with Crippen molar-refractivity contribution in [2.24, 2.45) is 0 Å². The molecule has 1 aromatic heterocycles. The highest BCUT2D eigenvalue weighted by Gasteiger charge is 2.18. The molecule has 18 heavy (non-hydrogen) atoms. The summed E-state index contributed by atoms with van der Waals surface area (Å²) in [4.78, 5) is 22.8. The van der Waals surface area contributed by atoms with E-state index in [9.17, 15) is 14.9 Å². The van der Waals surface area contributed by atoms with Crippen LogP contribution in [0.5, 0.6) is 0 Å². The van der Waals surface area contributed by atoms with Crippen LogP contribution in [0.15, 0.2) is 29.6 Å². The number of thiophene rings is 1. The number of carbonyl (C=O) groups excluding carboxylic acids is 1. The summed E-state index contributed by atoms with van der Waals surface area (Å²) in [6.07, 6.45) is 0. The van der Waals surface area contributed by atoms with E-state index in [1.54, 1.807) is 0 Å².